The van der Waals surface area contributed by atoms with Gasteiger partial charge in [-0.25, -0.2) is 0 Å². The summed E-state index contributed by atoms with van der Waals surface area (Å²) >= 11 is 7.62. The average molecular weight is 320 g/mol. The Bertz CT molecular complexity index is 563. The number of thiophene rings is 1. The van der Waals surface area contributed by atoms with Crippen molar-refractivity contribution in [2.24, 2.45) is 0 Å². The van der Waals surface area contributed by atoms with Crippen LogP contribution in [-0.4, -0.2) is 7.05 Å². The fourth-order valence-corrected chi connectivity index (χ4v) is 3.25. The number of hydrogen-bond donors (Lipinski definition) is 1. The van der Waals surface area contributed by atoms with Crippen molar-refractivity contribution in [1.82, 2.24) is 5.32 Å². The Morgan fingerprint density at radius 3 is 2.30 bits per heavy atom. The summed E-state index contributed by atoms with van der Waals surface area (Å²) in [6, 6.07) is 7.05. The lowest BCUT2D eigenvalue weighted by Crippen LogP contribution is -2.18. The minimum atomic E-state index is -4.29. The maximum Gasteiger partial charge on any atom is 0.416 e. The highest BCUT2D eigenvalue weighted by Crippen LogP contribution is 2.32. The van der Waals surface area contributed by atoms with Crippen LogP contribution < -0.4 is 5.32 Å². The van der Waals surface area contributed by atoms with Crippen LogP contribution in [0.3, 0.4) is 0 Å². The van der Waals surface area contributed by atoms with E-state index in [0.717, 1.165) is 22.6 Å². The molecule has 1 N–H and O–H groups in total. The van der Waals surface area contributed by atoms with Gasteiger partial charge in [-0.1, -0.05) is 23.7 Å². The van der Waals surface area contributed by atoms with E-state index in [1.54, 1.807) is 0 Å². The predicted octanol–water partition coefficient (Wildman–Crippen LogP) is 4.92. The van der Waals surface area contributed by atoms with Gasteiger partial charge in [-0.2, -0.15) is 13.2 Å². The molecule has 0 aliphatic rings. The molecule has 2 aromatic rings. The summed E-state index contributed by atoms with van der Waals surface area (Å²) in [7, 11) is 1.81. The highest BCUT2D eigenvalue weighted by molar-refractivity contribution is 7.10. The third-order valence-corrected chi connectivity index (χ3v) is 4.50. The third-order valence-electron chi connectivity index (χ3n) is 3.03. The summed E-state index contributed by atoms with van der Waals surface area (Å²) in [6.07, 6.45) is -3.70. The molecule has 0 aliphatic heterocycles. The van der Waals surface area contributed by atoms with Crippen LogP contribution in [-0.2, 0) is 12.6 Å². The molecule has 2 rings (SSSR count). The van der Waals surface area contributed by atoms with Gasteiger partial charge >= 0.3 is 6.18 Å². The molecular formula is C14H13ClF3NS. The molecule has 1 unspecified atom stereocenters. The van der Waals surface area contributed by atoms with E-state index >= 15 is 0 Å². The number of rotatable bonds is 4. The zero-order chi connectivity index (χ0) is 14.8. The zero-order valence-corrected chi connectivity index (χ0v) is 12.2. The van der Waals surface area contributed by atoms with E-state index in [4.69, 9.17) is 11.6 Å². The molecule has 0 saturated heterocycles. The van der Waals surface area contributed by atoms with Crippen LogP contribution in [0.15, 0.2) is 35.7 Å². The third kappa shape index (κ3) is 3.53. The van der Waals surface area contributed by atoms with E-state index in [-0.39, 0.29) is 6.04 Å². The molecule has 0 bridgehead atoms. The molecule has 1 nitrogen and oxygen atoms in total. The normalized spacial score (nSPS) is 13.4. The first-order valence-electron chi connectivity index (χ1n) is 5.98. The minimum Gasteiger partial charge on any atom is -0.312 e. The fourth-order valence-electron chi connectivity index (χ4n) is 1.95. The Morgan fingerprint density at radius 2 is 1.85 bits per heavy atom. The molecule has 1 atom stereocenters. The number of likely N-dealkylation sites (N-methyl/N-ethyl adjacent to an activating group) is 1. The zero-order valence-electron chi connectivity index (χ0n) is 10.7. The Kier molecular flexibility index (Phi) is 4.73. The van der Waals surface area contributed by atoms with Crippen LogP contribution in [0.2, 0.25) is 5.02 Å². The molecule has 0 aliphatic carbocycles. The second-order valence-corrected chi connectivity index (χ2v) is 5.73. The molecule has 0 fully saturated rings. The Labute approximate surface area is 124 Å². The van der Waals surface area contributed by atoms with Crippen molar-refractivity contribution in [1.29, 1.82) is 0 Å². The second kappa shape index (κ2) is 6.16. The highest BCUT2D eigenvalue weighted by Gasteiger charge is 2.30. The van der Waals surface area contributed by atoms with Crippen LogP contribution in [0.4, 0.5) is 13.2 Å². The summed E-state index contributed by atoms with van der Waals surface area (Å²) in [5.41, 5.74) is 0.207. The molecule has 0 saturated carbocycles. The van der Waals surface area contributed by atoms with Crippen molar-refractivity contribution in [2.75, 3.05) is 7.05 Å². The van der Waals surface area contributed by atoms with Crippen LogP contribution in [0.25, 0.3) is 0 Å². The first kappa shape index (κ1) is 15.4. The van der Waals surface area contributed by atoms with E-state index < -0.39 is 11.7 Å². The van der Waals surface area contributed by atoms with Crippen molar-refractivity contribution in [3.63, 3.8) is 0 Å². The Morgan fingerprint density at radius 1 is 1.20 bits per heavy atom. The van der Waals surface area contributed by atoms with Crippen molar-refractivity contribution in [3.8, 4) is 0 Å². The highest BCUT2D eigenvalue weighted by atomic mass is 35.5. The molecule has 0 amide bonds. The molecule has 0 radical (unpaired) electrons. The van der Waals surface area contributed by atoms with Gasteiger partial charge in [0.1, 0.15) is 0 Å². The van der Waals surface area contributed by atoms with Gasteiger partial charge in [0.15, 0.2) is 0 Å². The lowest BCUT2D eigenvalue weighted by atomic mass is 10.0. The first-order chi connectivity index (χ1) is 9.41. The van der Waals surface area contributed by atoms with E-state index in [1.165, 1.54) is 23.5 Å². The molecular weight excluding hydrogens is 307 g/mol. The monoisotopic (exact) mass is 319 g/mol. The standard InChI is InChI=1S/C14H13ClF3NS/c1-19-12(13-11(15)6-7-20-13)8-9-2-4-10(5-3-9)14(16,17)18/h2-7,12,19H,8H2,1H3. The maximum absolute atomic E-state index is 12.5. The van der Waals surface area contributed by atoms with Crippen LogP contribution in [0.5, 0.6) is 0 Å². The van der Waals surface area contributed by atoms with Gasteiger partial charge in [0.25, 0.3) is 0 Å². The molecule has 20 heavy (non-hydrogen) atoms. The van der Waals surface area contributed by atoms with Gasteiger partial charge in [0.2, 0.25) is 0 Å². The average Bonchev–Trinajstić information content (AvgIpc) is 2.82. The summed E-state index contributed by atoms with van der Waals surface area (Å²) < 4.78 is 37.5. The number of benzene rings is 1. The summed E-state index contributed by atoms with van der Waals surface area (Å²) in [5, 5.41) is 5.72. The predicted molar refractivity (Wildman–Crippen MR) is 76.3 cm³/mol. The number of halogens is 4. The smallest absolute Gasteiger partial charge is 0.312 e. The van der Waals surface area contributed by atoms with Gasteiger partial charge < -0.3 is 5.32 Å². The van der Waals surface area contributed by atoms with Gasteiger partial charge in [-0.05, 0) is 42.6 Å². The van der Waals surface area contributed by atoms with E-state index in [9.17, 15) is 13.2 Å². The topological polar surface area (TPSA) is 12.0 Å². The van der Waals surface area contributed by atoms with Crippen molar-refractivity contribution in [2.45, 2.75) is 18.6 Å². The van der Waals surface area contributed by atoms with E-state index in [0.29, 0.717) is 11.4 Å². The molecule has 108 valence electrons. The number of alkyl halides is 3. The van der Waals surface area contributed by atoms with Crippen molar-refractivity contribution >= 4 is 22.9 Å². The minimum absolute atomic E-state index is 0.000707. The molecule has 1 aromatic carbocycles. The van der Waals surface area contributed by atoms with Crippen LogP contribution >= 0.6 is 22.9 Å². The van der Waals surface area contributed by atoms with Crippen LogP contribution in [0.1, 0.15) is 22.0 Å². The molecule has 6 heteroatoms. The van der Waals surface area contributed by atoms with Gasteiger partial charge in [-0.3, -0.25) is 0 Å². The number of nitrogens with one attached hydrogen (secondary N) is 1. The van der Waals surface area contributed by atoms with Gasteiger partial charge in [-0.15, -0.1) is 11.3 Å². The molecule has 1 heterocycles. The SMILES string of the molecule is CNC(Cc1ccc(C(F)(F)F)cc1)c1sccc1Cl. The number of hydrogen-bond acceptors (Lipinski definition) is 2. The van der Waals surface area contributed by atoms with Crippen molar-refractivity contribution in [3.05, 3.63) is 56.7 Å². The van der Waals surface area contributed by atoms with Gasteiger partial charge in [0, 0.05) is 10.9 Å². The summed E-state index contributed by atoms with van der Waals surface area (Å²) in [5.74, 6) is 0. The quantitative estimate of drug-likeness (QED) is 0.843. The summed E-state index contributed by atoms with van der Waals surface area (Å²) in [6.45, 7) is 0. The lowest BCUT2D eigenvalue weighted by molar-refractivity contribution is -0.137. The summed E-state index contributed by atoms with van der Waals surface area (Å²) in [4.78, 5) is 0.995. The molecule has 0 spiro atoms. The molecule has 1 aromatic heterocycles. The Hall–Kier alpha value is -1.04. The van der Waals surface area contributed by atoms with E-state index in [2.05, 4.69) is 5.32 Å². The Balaban J connectivity index is 2.15. The van der Waals surface area contributed by atoms with Gasteiger partial charge in [0.05, 0.1) is 10.6 Å². The maximum atomic E-state index is 12.5. The van der Waals surface area contributed by atoms with E-state index in [1.807, 2.05) is 18.5 Å². The second-order valence-electron chi connectivity index (χ2n) is 4.37. The first-order valence-corrected chi connectivity index (χ1v) is 7.24. The lowest BCUT2D eigenvalue weighted by Gasteiger charge is -2.16. The van der Waals surface area contributed by atoms with Crippen LogP contribution in [0, 0.1) is 0 Å². The van der Waals surface area contributed by atoms with Crippen molar-refractivity contribution < 1.29 is 13.2 Å². The fraction of sp³-hybridized carbons (Fsp3) is 0.286. The largest absolute Gasteiger partial charge is 0.416 e.